The Morgan fingerprint density at radius 3 is 2.37 bits per heavy atom. The van der Waals surface area contributed by atoms with E-state index in [9.17, 15) is 29.3 Å². The molecule has 11 heteroatoms. The average Bonchev–Trinajstić information content (AvgIpc) is 3.07. The van der Waals surface area contributed by atoms with E-state index in [4.69, 9.17) is 11.6 Å². The van der Waals surface area contributed by atoms with Crippen LogP contribution in [0.3, 0.4) is 0 Å². The van der Waals surface area contributed by atoms with Crippen molar-refractivity contribution in [3.8, 4) is 0 Å². The van der Waals surface area contributed by atoms with Crippen LogP contribution in [-0.2, 0) is 14.4 Å². The van der Waals surface area contributed by atoms with Crippen molar-refractivity contribution in [3.05, 3.63) is 63.2 Å². The first kappa shape index (κ1) is 25.8. The summed E-state index contributed by atoms with van der Waals surface area (Å²) in [6.45, 7) is 6.72. The summed E-state index contributed by atoms with van der Waals surface area (Å²) in [4.78, 5) is 64.2. The fourth-order valence-electron chi connectivity index (χ4n) is 3.92. The quantitative estimate of drug-likeness (QED) is 0.345. The number of halogens is 1. The second kappa shape index (κ2) is 9.83. The van der Waals surface area contributed by atoms with Gasteiger partial charge in [-0.2, -0.15) is 0 Å². The van der Waals surface area contributed by atoms with Crippen molar-refractivity contribution in [1.29, 1.82) is 0 Å². The minimum atomic E-state index is -1.10. The largest absolute Gasteiger partial charge is 0.326 e. The number of nitro benzene ring substituents is 1. The van der Waals surface area contributed by atoms with Crippen molar-refractivity contribution < 1.29 is 24.1 Å². The molecule has 0 bridgehead atoms. The van der Waals surface area contributed by atoms with E-state index >= 15 is 0 Å². The molecular weight excluding hydrogens is 476 g/mol. The number of amides is 4. The zero-order valence-corrected chi connectivity index (χ0v) is 20.5. The maximum atomic E-state index is 13.6. The molecule has 35 heavy (non-hydrogen) atoms. The summed E-state index contributed by atoms with van der Waals surface area (Å²) < 4.78 is 0. The Hall–Kier alpha value is -3.79. The Morgan fingerprint density at radius 2 is 1.83 bits per heavy atom. The molecule has 1 atom stereocenters. The number of nitrogens with zero attached hydrogens (tertiary/aromatic N) is 3. The number of benzene rings is 2. The van der Waals surface area contributed by atoms with Crippen LogP contribution >= 0.6 is 11.6 Å². The summed E-state index contributed by atoms with van der Waals surface area (Å²) in [5.41, 5.74) is -0.481. The zero-order valence-electron chi connectivity index (χ0n) is 19.7. The van der Waals surface area contributed by atoms with E-state index < -0.39 is 39.9 Å². The van der Waals surface area contributed by atoms with Crippen LogP contribution in [0, 0.1) is 10.1 Å². The number of rotatable bonds is 7. The fourth-order valence-corrected chi connectivity index (χ4v) is 4.11. The third kappa shape index (κ3) is 5.17. The molecule has 2 aromatic rings. The van der Waals surface area contributed by atoms with Gasteiger partial charge in [0.2, 0.25) is 11.8 Å². The van der Waals surface area contributed by atoms with Crippen LogP contribution in [0.1, 0.15) is 50.9 Å². The minimum Gasteiger partial charge on any atom is -0.326 e. The van der Waals surface area contributed by atoms with Gasteiger partial charge in [-0.15, -0.1) is 0 Å². The molecule has 2 aromatic carbocycles. The number of hydrogen-bond donors (Lipinski definition) is 1. The first-order chi connectivity index (χ1) is 16.4. The lowest BCUT2D eigenvalue weighted by Gasteiger charge is -2.41. The lowest BCUT2D eigenvalue weighted by Crippen LogP contribution is -2.55. The molecule has 4 amide bonds. The Labute approximate surface area is 207 Å². The molecule has 1 N–H and O–H groups in total. The van der Waals surface area contributed by atoms with E-state index in [0.29, 0.717) is 17.8 Å². The molecule has 1 fully saturated rings. The van der Waals surface area contributed by atoms with Crippen molar-refractivity contribution >= 4 is 52.3 Å². The molecule has 1 aliphatic heterocycles. The van der Waals surface area contributed by atoms with Crippen LogP contribution in [0.15, 0.2) is 42.5 Å². The van der Waals surface area contributed by atoms with E-state index in [1.54, 1.807) is 26.0 Å². The van der Waals surface area contributed by atoms with E-state index in [0.717, 1.165) is 11.0 Å². The number of carbonyl (C=O) groups excluding carboxylic acids is 4. The van der Waals surface area contributed by atoms with Gasteiger partial charge < -0.3 is 10.2 Å². The summed E-state index contributed by atoms with van der Waals surface area (Å²) in [6.07, 6.45) is 0.217. The number of carbonyl (C=O) groups is 4. The Morgan fingerprint density at radius 1 is 1.20 bits per heavy atom. The van der Waals surface area contributed by atoms with E-state index in [1.165, 1.54) is 36.1 Å². The van der Waals surface area contributed by atoms with Gasteiger partial charge in [0.25, 0.3) is 17.5 Å². The number of nitro groups is 1. The predicted molar refractivity (Wildman–Crippen MR) is 130 cm³/mol. The molecule has 1 aliphatic rings. The third-order valence-corrected chi connectivity index (χ3v) is 6.33. The molecule has 1 heterocycles. The van der Waals surface area contributed by atoms with Gasteiger partial charge in [-0.05, 0) is 56.7 Å². The molecule has 1 unspecified atom stereocenters. The fraction of sp³-hybridized carbons (Fsp3) is 0.333. The SMILES string of the molecule is CCC(C)(C)N(C(=O)c1ccc(Cl)c([N+](=O)[O-])c1)C1CC(=O)N(c2ccc(NC(C)=O)cc2)C1=O. The van der Waals surface area contributed by atoms with Crippen molar-refractivity contribution in [2.45, 2.75) is 52.1 Å². The maximum absolute atomic E-state index is 13.6. The summed E-state index contributed by atoms with van der Waals surface area (Å²) >= 11 is 5.89. The van der Waals surface area contributed by atoms with E-state index in [2.05, 4.69) is 5.32 Å². The molecule has 10 nitrogen and oxygen atoms in total. The van der Waals surface area contributed by atoms with Crippen LogP contribution in [0.4, 0.5) is 17.1 Å². The first-order valence-electron chi connectivity index (χ1n) is 10.9. The van der Waals surface area contributed by atoms with Crippen LogP contribution in [0.25, 0.3) is 0 Å². The van der Waals surface area contributed by atoms with Gasteiger partial charge in [0.05, 0.1) is 17.0 Å². The van der Waals surface area contributed by atoms with Crippen molar-refractivity contribution in [1.82, 2.24) is 4.90 Å². The molecule has 0 saturated carbocycles. The van der Waals surface area contributed by atoms with Crippen molar-refractivity contribution in [3.63, 3.8) is 0 Å². The van der Waals surface area contributed by atoms with Crippen LogP contribution < -0.4 is 10.2 Å². The Bertz CT molecular complexity index is 1210. The Balaban J connectivity index is 1.98. The molecule has 0 aliphatic carbocycles. The molecule has 0 radical (unpaired) electrons. The zero-order chi connectivity index (χ0) is 26.1. The second-order valence-corrected chi connectivity index (χ2v) is 9.19. The first-order valence-corrected chi connectivity index (χ1v) is 11.3. The van der Waals surface area contributed by atoms with E-state index in [-0.39, 0.29) is 22.9 Å². The highest BCUT2D eigenvalue weighted by Crippen LogP contribution is 2.34. The number of nitrogens with one attached hydrogen (secondary N) is 1. The minimum absolute atomic E-state index is 0.0130. The summed E-state index contributed by atoms with van der Waals surface area (Å²) in [7, 11) is 0. The second-order valence-electron chi connectivity index (χ2n) is 8.78. The number of hydrogen-bond acceptors (Lipinski definition) is 6. The summed E-state index contributed by atoms with van der Waals surface area (Å²) in [5, 5.41) is 13.8. The normalized spacial score (nSPS) is 15.8. The van der Waals surface area contributed by atoms with Gasteiger partial charge in [-0.3, -0.25) is 29.3 Å². The average molecular weight is 501 g/mol. The molecule has 184 valence electrons. The monoisotopic (exact) mass is 500 g/mol. The lowest BCUT2D eigenvalue weighted by molar-refractivity contribution is -0.384. The number of anilines is 2. The standard InChI is InChI=1S/C24H25ClN4O6/c1-5-24(3,4)28(22(32)15-6-11-18(25)19(12-15)29(34)35)20-13-21(31)27(23(20)33)17-9-7-16(8-10-17)26-14(2)30/h6-12,20H,5,13H2,1-4H3,(H,26,30). The molecule has 0 aromatic heterocycles. The summed E-state index contributed by atoms with van der Waals surface area (Å²) in [6, 6.07) is 8.78. The predicted octanol–water partition coefficient (Wildman–Crippen LogP) is 4.17. The van der Waals surface area contributed by atoms with Gasteiger partial charge in [-0.1, -0.05) is 18.5 Å². The Kier molecular flexibility index (Phi) is 7.25. The lowest BCUT2D eigenvalue weighted by atomic mass is 9.94. The van der Waals surface area contributed by atoms with Gasteiger partial charge in [0, 0.05) is 29.8 Å². The molecule has 3 rings (SSSR count). The molecular formula is C24H25ClN4O6. The number of imide groups is 1. The highest BCUT2D eigenvalue weighted by Gasteiger charge is 2.48. The topological polar surface area (TPSA) is 130 Å². The van der Waals surface area contributed by atoms with Gasteiger partial charge in [0.1, 0.15) is 11.1 Å². The van der Waals surface area contributed by atoms with Gasteiger partial charge in [-0.25, -0.2) is 4.90 Å². The van der Waals surface area contributed by atoms with Crippen molar-refractivity contribution in [2.24, 2.45) is 0 Å². The van der Waals surface area contributed by atoms with Crippen LogP contribution in [0.5, 0.6) is 0 Å². The van der Waals surface area contributed by atoms with E-state index in [1.807, 2.05) is 6.92 Å². The van der Waals surface area contributed by atoms with Crippen molar-refractivity contribution in [2.75, 3.05) is 10.2 Å². The van der Waals surface area contributed by atoms with Gasteiger partial charge >= 0.3 is 0 Å². The molecule has 1 saturated heterocycles. The third-order valence-electron chi connectivity index (χ3n) is 6.01. The van der Waals surface area contributed by atoms with Gasteiger partial charge in [0.15, 0.2) is 0 Å². The molecule has 0 spiro atoms. The summed E-state index contributed by atoms with van der Waals surface area (Å²) in [5.74, 6) is -1.95. The highest BCUT2D eigenvalue weighted by atomic mass is 35.5. The smallest absolute Gasteiger partial charge is 0.288 e. The maximum Gasteiger partial charge on any atom is 0.288 e. The highest BCUT2D eigenvalue weighted by molar-refractivity contribution is 6.32. The van der Waals surface area contributed by atoms with Crippen LogP contribution in [0.2, 0.25) is 5.02 Å². The van der Waals surface area contributed by atoms with Crippen LogP contribution in [-0.4, -0.2) is 45.0 Å².